The molecule has 0 spiro atoms. The Morgan fingerprint density at radius 3 is 2.38 bits per heavy atom. The second-order valence-corrected chi connectivity index (χ2v) is 5.41. The number of anilines is 1. The maximum absolute atomic E-state index is 13.8. The van der Waals surface area contributed by atoms with Crippen LogP contribution in [-0.2, 0) is 19.9 Å². The molecule has 0 fully saturated rings. The van der Waals surface area contributed by atoms with E-state index >= 15 is 0 Å². The predicted molar refractivity (Wildman–Crippen MR) is 82.1 cm³/mol. The minimum absolute atomic E-state index is 0.239. The second kappa shape index (κ2) is 5.68. The zero-order chi connectivity index (χ0) is 17.5. The van der Waals surface area contributed by atoms with Crippen LogP contribution in [0.4, 0.5) is 14.5 Å². The highest BCUT2D eigenvalue weighted by Crippen LogP contribution is 2.46. The van der Waals surface area contributed by atoms with E-state index in [-0.39, 0.29) is 12.1 Å². The van der Waals surface area contributed by atoms with Gasteiger partial charge in [-0.3, -0.25) is 14.5 Å². The summed E-state index contributed by atoms with van der Waals surface area (Å²) in [4.78, 5) is 25.5. The lowest BCUT2D eigenvalue weighted by Crippen LogP contribution is -2.45. The molecule has 2 amide bonds. The molecule has 0 aromatic heterocycles. The average Bonchev–Trinajstić information content (AvgIpc) is 2.77. The Balaban J connectivity index is 2.26. The maximum atomic E-state index is 13.8. The Kier molecular flexibility index (Phi) is 3.81. The summed E-state index contributed by atoms with van der Waals surface area (Å²) in [6.45, 7) is -0.371. The first kappa shape index (κ1) is 16.1. The lowest BCUT2D eigenvalue weighted by atomic mass is 9.87. The third kappa shape index (κ3) is 2.25. The van der Waals surface area contributed by atoms with Crippen LogP contribution in [0.5, 0.6) is 0 Å². The summed E-state index contributed by atoms with van der Waals surface area (Å²) in [7, 11) is 1.30. The minimum atomic E-state index is -1.67. The number of hydrogen-bond donors (Lipinski definition) is 1. The van der Waals surface area contributed by atoms with Gasteiger partial charge in [-0.2, -0.15) is 0 Å². The van der Waals surface area contributed by atoms with Gasteiger partial charge in [0.05, 0.1) is 5.69 Å². The fraction of sp³-hybridized carbons (Fsp3) is 0.176. The molecule has 0 saturated heterocycles. The first-order chi connectivity index (χ1) is 11.4. The Hall–Kier alpha value is -2.80. The first-order valence-electron chi connectivity index (χ1n) is 7.11. The molecule has 0 aliphatic carbocycles. The molecule has 2 N–H and O–H groups in total. The number of hydrogen-bond acceptors (Lipinski definition) is 3. The predicted octanol–water partition coefficient (Wildman–Crippen LogP) is 1.69. The van der Waals surface area contributed by atoms with Crippen LogP contribution in [0.3, 0.4) is 0 Å². The number of benzene rings is 2. The Bertz CT molecular complexity index is 823. The highest BCUT2D eigenvalue weighted by molar-refractivity contribution is 6.11. The first-order valence-corrected chi connectivity index (χ1v) is 7.11. The molecule has 0 saturated carbocycles. The smallest absolute Gasteiger partial charge is 0.269 e. The summed E-state index contributed by atoms with van der Waals surface area (Å²) in [5, 5.41) is 0. The summed E-state index contributed by atoms with van der Waals surface area (Å²) in [5.41, 5.74) is 4.44. The number of halogens is 2. The number of carbonyl (C=O) groups is 2. The minimum Gasteiger partial charge on any atom is -0.368 e. The van der Waals surface area contributed by atoms with E-state index in [1.165, 1.54) is 49.6 Å². The van der Waals surface area contributed by atoms with Crippen molar-refractivity contribution in [1.82, 2.24) is 0 Å². The van der Waals surface area contributed by atoms with Crippen molar-refractivity contribution in [2.24, 2.45) is 5.73 Å². The number of amides is 2. The van der Waals surface area contributed by atoms with Gasteiger partial charge in [0, 0.05) is 12.7 Å². The molecule has 1 heterocycles. The molecule has 2 aromatic rings. The summed E-state index contributed by atoms with van der Waals surface area (Å²) < 4.78 is 32.5. The largest absolute Gasteiger partial charge is 0.368 e. The molecule has 3 rings (SSSR count). The molecule has 0 bridgehead atoms. The van der Waals surface area contributed by atoms with E-state index in [1.807, 2.05) is 0 Å². The van der Waals surface area contributed by atoms with Crippen molar-refractivity contribution >= 4 is 17.5 Å². The van der Waals surface area contributed by atoms with Crippen molar-refractivity contribution in [2.75, 3.05) is 18.6 Å². The number of methoxy groups -OCH3 is 1. The Morgan fingerprint density at radius 1 is 1.17 bits per heavy atom. The van der Waals surface area contributed by atoms with Crippen molar-refractivity contribution in [3.05, 3.63) is 65.2 Å². The van der Waals surface area contributed by atoms with Crippen molar-refractivity contribution in [2.45, 2.75) is 5.60 Å². The van der Waals surface area contributed by atoms with Crippen molar-refractivity contribution in [3.8, 4) is 0 Å². The van der Waals surface area contributed by atoms with Crippen molar-refractivity contribution in [1.29, 1.82) is 0 Å². The number of rotatable bonds is 4. The van der Waals surface area contributed by atoms with Gasteiger partial charge in [0.25, 0.3) is 5.91 Å². The van der Waals surface area contributed by atoms with E-state index in [9.17, 15) is 18.4 Å². The summed E-state index contributed by atoms with van der Waals surface area (Å²) in [6.07, 6.45) is 0. The molecule has 5 nitrogen and oxygen atoms in total. The number of carbonyl (C=O) groups excluding carboxylic acids is 2. The number of ether oxygens (including phenoxy) is 1. The molecule has 7 heteroatoms. The van der Waals surface area contributed by atoms with Gasteiger partial charge in [-0.1, -0.05) is 12.1 Å². The summed E-state index contributed by atoms with van der Waals surface area (Å²) >= 11 is 0. The fourth-order valence-electron chi connectivity index (χ4n) is 3.03. The highest BCUT2D eigenvalue weighted by atomic mass is 19.1. The summed E-state index contributed by atoms with van der Waals surface area (Å²) in [5.74, 6) is -2.35. The van der Waals surface area contributed by atoms with Crippen molar-refractivity contribution < 1.29 is 23.1 Å². The van der Waals surface area contributed by atoms with Crippen LogP contribution in [-0.4, -0.2) is 25.5 Å². The Morgan fingerprint density at radius 2 is 1.79 bits per heavy atom. The van der Waals surface area contributed by atoms with Crippen LogP contribution in [0.25, 0.3) is 0 Å². The third-order valence-corrected chi connectivity index (χ3v) is 4.05. The highest BCUT2D eigenvalue weighted by Gasteiger charge is 2.53. The van der Waals surface area contributed by atoms with E-state index in [1.54, 1.807) is 0 Å². The van der Waals surface area contributed by atoms with Gasteiger partial charge < -0.3 is 10.5 Å². The van der Waals surface area contributed by atoms with Crippen LogP contribution < -0.4 is 10.6 Å². The molecule has 1 aliphatic rings. The number of nitrogens with zero attached hydrogens (tertiary/aromatic N) is 1. The fourth-order valence-corrected chi connectivity index (χ4v) is 3.03. The third-order valence-electron chi connectivity index (χ3n) is 4.05. The van der Waals surface area contributed by atoms with Gasteiger partial charge in [-0.05, 0) is 35.9 Å². The van der Waals surface area contributed by atoms with E-state index < -0.39 is 29.0 Å². The molecule has 24 heavy (non-hydrogen) atoms. The monoisotopic (exact) mass is 332 g/mol. The lowest BCUT2D eigenvalue weighted by Gasteiger charge is -2.27. The van der Waals surface area contributed by atoms with Gasteiger partial charge in [-0.25, -0.2) is 8.78 Å². The van der Waals surface area contributed by atoms with Crippen LogP contribution in [0.2, 0.25) is 0 Å². The standard InChI is InChI=1S/C17H14F2N2O3/c1-24-17(10-2-4-11(18)5-3-10)13-8-12(19)6-7-14(13)21(16(17)23)9-15(20)22/h2-8H,9H2,1H3,(H2,20,22)/t17-/m0/s1. The molecule has 0 radical (unpaired) electrons. The van der Waals surface area contributed by atoms with E-state index in [2.05, 4.69) is 0 Å². The average molecular weight is 332 g/mol. The van der Waals surface area contributed by atoms with Crippen LogP contribution in [0.1, 0.15) is 11.1 Å². The maximum Gasteiger partial charge on any atom is 0.269 e. The van der Waals surface area contributed by atoms with Gasteiger partial charge in [0.1, 0.15) is 18.2 Å². The van der Waals surface area contributed by atoms with Gasteiger partial charge in [0.2, 0.25) is 5.91 Å². The normalized spacial score (nSPS) is 19.5. The molecule has 124 valence electrons. The van der Waals surface area contributed by atoms with Gasteiger partial charge >= 0.3 is 0 Å². The zero-order valence-electron chi connectivity index (χ0n) is 12.8. The second-order valence-electron chi connectivity index (χ2n) is 5.41. The van der Waals surface area contributed by atoms with Crippen LogP contribution in [0.15, 0.2) is 42.5 Å². The summed E-state index contributed by atoms with van der Waals surface area (Å²) in [6, 6.07) is 8.87. The van der Waals surface area contributed by atoms with E-state index in [0.29, 0.717) is 11.3 Å². The molecule has 1 aliphatic heterocycles. The number of primary amides is 1. The van der Waals surface area contributed by atoms with Crippen LogP contribution in [0, 0.1) is 11.6 Å². The van der Waals surface area contributed by atoms with E-state index in [0.717, 1.165) is 4.90 Å². The lowest BCUT2D eigenvalue weighted by molar-refractivity contribution is -0.136. The molecular formula is C17H14F2N2O3. The Labute approximate surface area is 136 Å². The van der Waals surface area contributed by atoms with Gasteiger partial charge in [-0.15, -0.1) is 0 Å². The van der Waals surface area contributed by atoms with Crippen molar-refractivity contribution in [3.63, 3.8) is 0 Å². The van der Waals surface area contributed by atoms with Gasteiger partial charge in [0.15, 0.2) is 5.60 Å². The topological polar surface area (TPSA) is 72.6 Å². The molecule has 2 aromatic carbocycles. The zero-order valence-corrected chi connectivity index (χ0v) is 12.8. The molecule has 1 atom stereocenters. The van der Waals surface area contributed by atoms with E-state index in [4.69, 9.17) is 10.5 Å². The molecular weight excluding hydrogens is 318 g/mol. The quantitative estimate of drug-likeness (QED) is 0.926. The SMILES string of the molecule is CO[C@]1(c2ccc(F)cc2)C(=O)N(CC(N)=O)c2ccc(F)cc21. The number of nitrogens with two attached hydrogens (primary N) is 1. The number of fused-ring (bicyclic) bond motifs is 1. The molecule has 0 unspecified atom stereocenters. The van der Waals surface area contributed by atoms with Crippen LogP contribution >= 0.6 is 0 Å².